The van der Waals surface area contributed by atoms with E-state index in [9.17, 15) is 5.11 Å². The van der Waals surface area contributed by atoms with Crippen molar-refractivity contribution >= 4 is 27.3 Å². The SMILES string of the molecule is OC1(c2cscc2Br)C=CCCC1. The standard InChI is InChI=1S/C10H11BrOS/c11-9-7-13-6-8(9)10(12)4-2-1-3-5-10/h2,4,6-7,12H,1,3,5H2. The quantitative estimate of drug-likeness (QED) is 0.766. The van der Waals surface area contributed by atoms with Gasteiger partial charge in [-0.3, -0.25) is 0 Å². The van der Waals surface area contributed by atoms with Crippen LogP contribution in [0.1, 0.15) is 24.8 Å². The monoisotopic (exact) mass is 258 g/mol. The molecule has 3 heteroatoms. The van der Waals surface area contributed by atoms with Crippen LogP contribution in [0.25, 0.3) is 0 Å². The van der Waals surface area contributed by atoms with Crippen molar-refractivity contribution in [1.82, 2.24) is 0 Å². The summed E-state index contributed by atoms with van der Waals surface area (Å²) in [6.07, 6.45) is 6.97. The van der Waals surface area contributed by atoms with Gasteiger partial charge in [-0.1, -0.05) is 12.2 Å². The molecule has 13 heavy (non-hydrogen) atoms. The van der Waals surface area contributed by atoms with Gasteiger partial charge in [-0.2, -0.15) is 11.3 Å². The molecule has 70 valence electrons. The minimum absolute atomic E-state index is 0.725. The lowest BCUT2D eigenvalue weighted by atomic mass is 9.86. The van der Waals surface area contributed by atoms with Gasteiger partial charge in [0.2, 0.25) is 0 Å². The Balaban J connectivity index is 2.38. The van der Waals surface area contributed by atoms with Crippen molar-refractivity contribution in [1.29, 1.82) is 0 Å². The maximum atomic E-state index is 10.3. The molecule has 1 aliphatic carbocycles. The Hall–Kier alpha value is -0.120. The van der Waals surface area contributed by atoms with Crippen LogP contribution in [0.5, 0.6) is 0 Å². The van der Waals surface area contributed by atoms with Crippen LogP contribution in [0.2, 0.25) is 0 Å². The molecular weight excluding hydrogens is 248 g/mol. The molecule has 1 aliphatic rings. The lowest BCUT2D eigenvalue weighted by Gasteiger charge is -2.27. The highest BCUT2D eigenvalue weighted by molar-refractivity contribution is 9.10. The number of rotatable bonds is 1. The number of hydrogen-bond acceptors (Lipinski definition) is 2. The second-order valence-corrected chi connectivity index (χ2v) is 4.95. The van der Waals surface area contributed by atoms with E-state index in [4.69, 9.17) is 0 Å². The van der Waals surface area contributed by atoms with Gasteiger partial charge in [0, 0.05) is 15.4 Å². The van der Waals surface area contributed by atoms with Gasteiger partial charge >= 0.3 is 0 Å². The summed E-state index contributed by atoms with van der Waals surface area (Å²) in [5.74, 6) is 0. The minimum Gasteiger partial charge on any atom is -0.381 e. The van der Waals surface area contributed by atoms with Crippen molar-refractivity contribution in [3.05, 3.63) is 32.9 Å². The molecule has 1 nitrogen and oxygen atoms in total. The first kappa shape index (κ1) is 9.44. The fraction of sp³-hybridized carbons (Fsp3) is 0.400. The van der Waals surface area contributed by atoms with Crippen LogP contribution in [-0.4, -0.2) is 5.11 Å². The van der Waals surface area contributed by atoms with Crippen molar-refractivity contribution in [3.8, 4) is 0 Å². The largest absolute Gasteiger partial charge is 0.381 e. The minimum atomic E-state index is -0.725. The number of allylic oxidation sites excluding steroid dienone is 1. The lowest BCUT2D eigenvalue weighted by molar-refractivity contribution is 0.0723. The van der Waals surface area contributed by atoms with Crippen molar-refractivity contribution in [3.63, 3.8) is 0 Å². The highest BCUT2D eigenvalue weighted by Crippen LogP contribution is 2.38. The van der Waals surface area contributed by atoms with E-state index < -0.39 is 5.60 Å². The summed E-state index contributed by atoms with van der Waals surface area (Å²) in [7, 11) is 0. The zero-order valence-corrected chi connectivity index (χ0v) is 9.57. The van der Waals surface area contributed by atoms with Gasteiger partial charge in [-0.15, -0.1) is 0 Å². The van der Waals surface area contributed by atoms with Crippen LogP contribution in [-0.2, 0) is 5.60 Å². The van der Waals surface area contributed by atoms with Gasteiger partial charge in [0.25, 0.3) is 0 Å². The van der Waals surface area contributed by atoms with Crippen LogP contribution in [0, 0.1) is 0 Å². The molecule has 0 bridgehead atoms. The second-order valence-electron chi connectivity index (χ2n) is 3.35. The molecule has 1 heterocycles. The molecule has 1 aromatic rings. The van der Waals surface area contributed by atoms with Crippen LogP contribution in [0.3, 0.4) is 0 Å². The Morgan fingerprint density at radius 2 is 2.31 bits per heavy atom. The van der Waals surface area contributed by atoms with E-state index in [2.05, 4.69) is 22.0 Å². The Kier molecular flexibility index (Phi) is 2.58. The highest BCUT2D eigenvalue weighted by Gasteiger charge is 2.29. The molecule has 0 saturated carbocycles. The fourth-order valence-electron chi connectivity index (χ4n) is 1.67. The molecule has 1 atom stereocenters. The summed E-state index contributed by atoms with van der Waals surface area (Å²) in [6, 6.07) is 0. The van der Waals surface area contributed by atoms with Crippen molar-refractivity contribution in [2.75, 3.05) is 0 Å². The first-order chi connectivity index (χ1) is 6.22. The fourth-order valence-corrected chi connectivity index (χ4v) is 3.38. The van der Waals surface area contributed by atoms with Gasteiger partial charge in [0.15, 0.2) is 0 Å². The zero-order valence-electron chi connectivity index (χ0n) is 7.16. The van der Waals surface area contributed by atoms with Crippen LogP contribution >= 0.6 is 27.3 Å². The normalized spacial score (nSPS) is 27.8. The predicted molar refractivity (Wildman–Crippen MR) is 58.9 cm³/mol. The van der Waals surface area contributed by atoms with E-state index >= 15 is 0 Å². The number of thiophene rings is 1. The van der Waals surface area contributed by atoms with Crippen LogP contribution < -0.4 is 0 Å². The van der Waals surface area contributed by atoms with Crippen LogP contribution in [0.15, 0.2) is 27.4 Å². The first-order valence-corrected chi connectivity index (χ1v) is 6.08. The molecule has 0 radical (unpaired) electrons. The van der Waals surface area contributed by atoms with Gasteiger partial charge in [0.1, 0.15) is 5.60 Å². The van der Waals surface area contributed by atoms with E-state index in [0.717, 1.165) is 29.3 Å². The molecule has 0 saturated heterocycles. The summed E-state index contributed by atoms with van der Waals surface area (Å²) < 4.78 is 1.02. The van der Waals surface area contributed by atoms with Gasteiger partial charge < -0.3 is 5.11 Å². The maximum Gasteiger partial charge on any atom is 0.110 e. The molecule has 0 spiro atoms. The molecule has 1 unspecified atom stereocenters. The van der Waals surface area contributed by atoms with Crippen molar-refractivity contribution in [2.45, 2.75) is 24.9 Å². The maximum absolute atomic E-state index is 10.3. The van der Waals surface area contributed by atoms with E-state index in [1.54, 1.807) is 11.3 Å². The Bertz CT molecular complexity index is 331. The molecule has 1 N–H and O–H groups in total. The van der Waals surface area contributed by atoms with E-state index in [-0.39, 0.29) is 0 Å². The number of halogens is 1. The van der Waals surface area contributed by atoms with Gasteiger partial charge in [-0.05, 0) is 40.6 Å². The Morgan fingerprint density at radius 3 is 2.85 bits per heavy atom. The summed E-state index contributed by atoms with van der Waals surface area (Å²) in [4.78, 5) is 0. The highest BCUT2D eigenvalue weighted by atomic mass is 79.9. The van der Waals surface area contributed by atoms with E-state index in [1.165, 1.54) is 0 Å². The predicted octanol–water partition coefficient (Wildman–Crippen LogP) is 3.44. The number of hydrogen-bond donors (Lipinski definition) is 1. The van der Waals surface area contributed by atoms with Crippen molar-refractivity contribution < 1.29 is 5.11 Å². The third-order valence-electron chi connectivity index (χ3n) is 2.40. The number of aliphatic hydroxyl groups is 1. The summed E-state index contributed by atoms with van der Waals surface area (Å²) in [5.41, 5.74) is 0.283. The Labute approximate surface area is 90.2 Å². The summed E-state index contributed by atoms with van der Waals surface area (Å²) in [5, 5.41) is 14.3. The molecular formula is C10H11BrOS. The Morgan fingerprint density at radius 1 is 1.46 bits per heavy atom. The average Bonchev–Trinajstić information content (AvgIpc) is 2.53. The smallest absolute Gasteiger partial charge is 0.110 e. The second kappa shape index (κ2) is 3.56. The molecule has 0 amide bonds. The van der Waals surface area contributed by atoms with E-state index in [0.29, 0.717) is 0 Å². The van der Waals surface area contributed by atoms with Gasteiger partial charge in [-0.25, -0.2) is 0 Å². The first-order valence-electron chi connectivity index (χ1n) is 4.35. The van der Waals surface area contributed by atoms with Gasteiger partial charge in [0.05, 0.1) is 0 Å². The molecule has 1 aromatic heterocycles. The van der Waals surface area contributed by atoms with Crippen molar-refractivity contribution in [2.24, 2.45) is 0 Å². The topological polar surface area (TPSA) is 20.2 Å². The lowest BCUT2D eigenvalue weighted by Crippen LogP contribution is -2.24. The molecule has 0 aromatic carbocycles. The van der Waals surface area contributed by atoms with E-state index in [1.807, 2.05) is 16.8 Å². The average molecular weight is 259 g/mol. The summed E-state index contributed by atoms with van der Waals surface area (Å²) in [6.45, 7) is 0. The van der Waals surface area contributed by atoms with Crippen LogP contribution in [0.4, 0.5) is 0 Å². The third kappa shape index (κ3) is 1.73. The zero-order chi connectivity index (χ0) is 9.31. The molecule has 0 fully saturated rings. The third-order valence-corrected chi connectivity index (χ3v) is 4.11. The molecule has 2 rings (SSSR count). The summed E-state index contributed by atoms with van der Waals surface area (Å²) >= 11 is 5.07. The molecule has 0 aliphatic heterocycles.